The summed E-state index contributed by atoms with van der Waals surface area (Å²) in [6, 6.07) is 7.34. The van der Waals surface area contributed by atoms with E-state index in [1.54, 1.807) is 12.1 Å². The van der Waals surface area contributed by atoms with Crippen molar-refractivity contribution < 1.29 is 5.11 Å². The SMILES string of the molecule is CCCCCCCCCC/C=C/C/C=C/c1cccc(O)c1. The van der Waals surface area contributed by atoms with E-state index in [4.69, 9.17) is 0 Å². The molecule has 1 aromatic carbocycles. The number of rotatable bonds is 12. The Hall–Kier alpha value is -1.50. The summed E-state index contributed by atoms with van der Waals surface area (Å²) < 4.78 is 0. The lowest BCUT2D eigenvalue weighted by Gasteiger charge is -1.99. The summed E-state index contributed by atoms with van der Waals surface area (Å²) in [4.78, 5) is 0. The summed E-state index contributed by atoms with van der Waals surface area (Å²) >= 11 is 0. The van der Waals surface area contributed by atoms with Gasteiger partial charge in [0.05, 0.1) is 0 Å². The summed E-state index contributed by atoms with van der Waals surface area (Å²) in [5, 5.41) is 9.37. The fourth-order valence-electron chi connectivity index (χ4n) is 2.52. The minimum absolute atomic E-state index is 0.326. The number of allylic oxidation sites excluding steroid dienone is 3. The molecule has 0 aliphatic carbocycles. The van der Waals surface area contributed by atoms with Gasteiger partial charge in [0, 0.05) is 0 Å². The molecule has 0 saturated heterocycles. The van der Waals surface area contributed by atoms with E-state index in [1.165, 1.54) is 57.8 Å². The quantitative estimate of drug-likeness (QED) is 0.329. The van der Waals surface area contributed by atoms with Gasteiger partial charge in [0.25, 0.3) is 0 Å². The van der Waals surface area contributed by atoms with Crippen LogP contribution in [0.5, 0.6) is 5.75 Å². The highest BCUT2D eigenvalue weighted by molar-refractivity contribution is 5.51. The summed E-state index contributed by atoms with van der Waals surface area (Å²) in [6.45, 7) is 2.27. The molecule has 1 aromatic rings. The minimum atomic E-state index is 0.326. The highest BCUT2D eigenvalue weighted by Crippen LogP contribution is 2.12. The highest BCUT2D eigenvalue weighted by Gasteiger charge is 1.90. The van der Waals surface area contributed by atoms with E-state index in [-0.39, 0.29) is 0 Å². The Labute approximate surface area is 136 Å². The average Bonchev–Trinajstić information content (AvgIpc) is 2.52. The second-order valence-corrected chi connectivity index (χ2v) is 5.97. The maximum absolute atomic E-state index is 9.37. The van der Waals surface area contributed by atoms with E-state index in [0.717, 1.165) is 12.0 Å². The predicted octanol–water partition coefficient (Wildman–Crippen LogP) is 6.88. The molecular formula is C21H32O. The van der Waals surface area contributed by atoms with Crippen LogP contribution in [0.15, 0.2) is 42.5 Å². The van der Waals surface area contributed by atoms with E-state index in [0.29, 0.717) is 5.75 Å². The molecule has 122 valence electrons. The van der Waals surface area contributed by atoms with Crippen LogP contribution in [0.2, 0.25) is 0 Å². The molecule has 0 aromatic heterocycles. The molecule has 0 bridgehead atoms. The first-order valence-electron chi connectivity index (χ1n) is 8.93. The maximum atomic E-state index is 9.37. The third-order valence-electron chi connectivity index (χ3n) is 3.84. The molecule has 0 spiro atoms. The Morgan fingerprint density at radius 1 is 0.864 bits per heavy atom. The van der Waals surface area contributed by atoms with E-state index >= 15 is 0 Å². The summed E-state index contributed by atoms with van der Waals surface area (Å²) in [6.07, 6.45) is 22.0. The first-order chi connectivity index (χ1) is 10.8. The topological polar surface area (TPSA) is 20.2 Å². The first kappa shape index (κ1) is 18.5. The number of hydrogen-bond acceptors (Lipinski definition) is 1. The number of phenols is 1. The Bertz CT molecular complexity index is 431. The molecule has 0 saturated carbocycles. The Balaban J connectivity index is 1.96. The largest absolute Gasteiger partial charge is 0.508 e. The van der Waals surface area contributed by atoms with E-state index in [1.807, 2.05) is 12.1 Å². The zero-order chi connectivity index (χ0) is 15.9. The van der Waals surface area contributed by atoms with Crippen LogP contribution < -0.4 is 0 Å². The molecule has 1 N–H and O–H groups in total. The van der Waals surface area contributed by atoms with Crippen molar-refractivity contribution >= 4 is 6.08 Å². The number of phenolic OH excluding ortho intramolecular Hbond substituents is 1. The number of hydrogen-bond donors (Lipinski definition) is 1. The Kier molecular flexibility index (Phi) is 11.1. The molecule has 0 fully saturated rings. The van der Waals surface area contributed by atoms with Crippen LogP contribution in [0.25, 0.3) is 6.08 Å². The van der Waals surface area contributed by atoms with Crippen molar-refractivity contribution in [3.8, 4) is 5.75 Å². The van der Waals surface area contributed by atoms with Gasteiger partial charge >= 0.3 is 0 Å². The van der Waals surface area contributed by atoms with Gasteiger partial charge in [-0.1, -0.05) is 88.3 Å². The van der Waals surface area contributed by atoms with Crippen molar-refractivity contribution in [3.63, 3.8) is 0 Å². The van der Waals surface area contributed by atoms with Gasteiger partial charge in [-0.15, -0.1) is 0 Å². The lowest BCUT2D eigenvalue weighted by molar-refractivity contribution is 0.475. The summed E-state index contributed by atoms with van der Waals surface area (Å²) in [5.41, 5.74) is 1.05. The van der Waals surface area contributed by atoms with Crippen molar-refractivity contribution in [2.45, 2.75) is 71.1 Å². The molecule has 1 heteroatoms. The molecule has 0 amide bonds. The Morgan fingerprint density at radius 3 is 2.32 bits per heavy atom. The van der Waals surface area contributed by atoms with Crippen molar-refractivity contribution in [1.82, 2.24) is 0 Å². The van der Waals surface area contributed by atoms with Crippen molar-refractivity contribution in [2.75, 3.05) is 0 Å². The highest BCUT2D eigenvalue weighted by atomic mass is 16.3. The molecule has 1 rings (SSSR count). The fourth-order valence-corrected chi connectivity index (χ4v) is 2.52. The lowest BCUT2D eigenvalue weighted by Crippen LogP contribution is -1.79. The molecule has 0 heterocycles. The monoisotopic (exact) mass is 300 g/mol. The van der Waals surface area contributed by atoms with Crippen molar-refractivity contribution in [3.05, 3.63) is 48.1 Å². The van der Waals surface area contributed by atoms with E-state index in [2.05, 4.69) is 31.2 Å². The summed E-state index contributed by atoms with van der Waals surface area (Å²) in [7, 11) is 0. The summed E-state index contributed by atoms with van der Waals surface area (Å²) in [5.74, 6) is 0.326. The van der Waals surface area contributed by atoms with Crippen LogP contribution in [-0.2, 0) is 0 Å². The maximum Gasteiger partial charge on any atom is 0.116 e. The second-order valence-electron chi connectivity index (χ2n) is 5.97. The smallest absolute Gasteiger partial charge is 0.116 e. The minimum Gasteiger partial charge on any atom is -0.508 e. The third-order valence-corrected chi connectivity index (χ3v) is 3.84. The van der Waals surface area contributed by atoms with Gasteiger partial charge in [-0.2, -0.15) is 0 Å². The standard InChI is InChI=1S/C21H32O/c1-2-3-4-5-6-7-8-9-10-11-12-13-14-16-20-17-15-18-21(22)19-20/h11-12,14-19,22H,2-10,13H2,1H3/b12-11+,16-14+. The van der Waals surface area contributed by atoms with Gasteiger partial charge in [-0.3, -0.25) is 0 Å². The normalized spacial score (nSPS) is 11.7. The molecule has 0 aliphatic rings. The van der Waals surface area contributed by atoms with Gasteiger partial charge in [0.15, 0.2) is 0 Å². The van der Waals surface area contributed by atoms with Crippen molar-refractivity contribution in [1.29, 1.82) is 0 Å². The van der Waals surface area contributed by atoms with Crippen LogP contribution >= 0.6 is 0 Å². The van der Waals surface area contributed by atoms with Crippen LogP contribution in [-0.4, -0.2) is 5.11 Å². The van der Waals surface area contributed by atoms with Gasteiger partial charge in [-0.25, -0.2) is 0 Å². The second kappa shape index (κ2) is 13.2. The first-order valence-corrected chi connectivity index (χ1v) is 8.93. The van der Waals surface area contributed by atoms with Crippen LogP contribution in [0.3, 0.4) is 0 Å². The van der Waals surface area contributed by atoms with Crippen LogP contribution in [0, 0.1) is 0 Å². The zero-order valence-electron chi connectivity index (χ0n) is 14.1. The lowest BCUT2D eigenvalue weighted by atomic mass is 10.1. The van der Waals surface area contributed by atoms with Gasteiger partial charge in [0.2, 0.25) is 0 Å². The average molecular weight is 300 g/mol. The third kappa shape index (κ3) is 10.3. The van der Waals surface area contributed by atoms with Gasteiger partial charge < -0.3 is 5.11 Å². The molecule has 1 nitrogen and oxygen atoms in total. The van der Waals surface area contributed by atoms with Crippen LogP contribution in [0.4, 0.5) is 0 Å². The predicted molar refractivity (Wildman–Crippen MR) is 98.1 cm³/mol. The number of aromatic hydroxyl groups is 1. The molecule has 0 aliphatic heterocycles. The number of benzene rings is 1. The molecule has 0 radical (unpaired) electrons. The fraction of sp³-hybridized carbons (Fsp3) is 0.524. The number of unbranched alkanes of at least 4 members (excludes halogenated alkanes) is 8. The Morgan fingerprint density at radius 2 is 1.59 bits per heavy atom. The zero-order valence-corrected chi connectivity index (χ0v) is 14.1. The van der Waals surface area contributed by atoms with Gasteiger partial charge in [-0.05, 0) is 37.0 Å². The molecule has 0 atom stereocenters. The van der Waals surface area contributed by atoms with Gasteiger partial charge in [0.1, 0.15) is 5.75 Å². The molecule has 22 heavy (non-hydrogen) atoms. The van der Waals surface area contributed by atoms with E-state index in [9.17, 15) is 5.11 Å². The molecular weight excluding hydrogens is 268 g/mol. The van der Waals surface area contributed by atoms with E-state index < -0.39 is 0 Å². The van der Waals surface area contributed by atoms with Crippen LogP contribution in [0.1, 0.15) is 76.7 Å². The van der Waals surface area contributed by atoms with Crippen molar-refractivity contribution in [2.24, 2.45) is 0 Å². The molecule has 0 unspecified atom stereocenters.